The van der Waals surface area contributed by atoms with Gasteiger partial charge in [-0.15, -0.1) is 12.4 Å². The summed E-state index contributed by atoms with van der Waals surface area (Å²) in [5.41, 5.74) is 2.94. The van der Waals surface area contributed by atoms with E-state index in [0.717, 1.165) is 31.5 Å². The van der Waals surface area contributed by atoms with Gasteiger partial charge in [-0.1, -0.05) is 0 Å². The lowest BCUT2D eigenvalue weighted by Gasteiger charge is -2.33. The highest BCUT2D eigenvalue weighted by Crippen LogP contribution is 2.26. The number of piperidine rings is 1. The molecular formula is C16H21ClN2O3. The average Bonchev–Trinajstić information content (AvgIpc) is 3.01. The van der Waals surface area contributed by atoms with Crippen molar-refractivity contribution >= 4 is 30.0 Å². The van der Waals surface area contributed by atoms with Gasteiger partial charge in [-0.05, 0) is 49.4 Å². The fourth-order valence-corrected chi connectivity index (χ4v) is 3.16. The van der Waals surface area contributed by atoms with Crippen molar-refractivity contribution in [3.05, 3.63) is 29.3 Å². The van der Waals surface area contributed by atoms with Gasteiger partial charge < -0.3 is 15.0 Å². The van der Waals surface area contributed by atoms with E-state index in [2.05, 4.69) is 5.32 Å². The topological polar surface area (TPSA) is 58.6 Å². The fraction of sp³-hybridized carbons (Fsp3) is 0.500. The minimum atomic E-state index is -0.442. The Morgan fingerprint density at radius 3 is 2.91 bits per heavy atom. The lowest BCUT2D eigenvalue weighted by Crippen LogP contribution is -2.48. The number of nitrogens with one attached hydrogen (secondary N) is 1. The van der Waals surface area contributed by atoms with Crippen molar-refractivity contribution in [3.63, 3.8) is 0 Å². The smallest absolute Gasteiger partial charge is 0.328 e. The molecule has 0 saturated carbocycles. The molecule has 2 aliphatic heterocycles. The van der Waals surface area contributed by atoms with Crippen LogP contribution in [0.5, 0.6) is 0 Å². The summed E-state index contributed by atoms with van der Waals surface area (Å²) in [5.74, 6) is -0.384. The van der Waals surface area contributed by atoms with Crippen LogP contribution in [0.4, 0.5) is 5.69 Å². The van der Waals surface area contributed by atoms with Crippen LogP contribution < -0.4 is 5.32 Å². The van der Waals surface area contributed by atoms with Crippen LogP contribution in [0.1, 0.15) is 35.2 Å². The zero-order valence-electron chi connectivity index (χ0n) is 12.6. The summed E-state index contributed by atoms with van der Waals surface area (Å²) in [4.78, 5) is 26.3. The van der Waals surface area contributed by atoms with E-state index in [-0.39, 0.29) is 24.3 Å². The van der Waals surface area contributed by atoms with Crippen LogP contribution in [0.25, 0.3) is 0 Å². The molecule has 1 amide bonds. The molecule has 1 aromatic rings. The average molecular weight is 325 g/mol. The number of ether oxygens (including phenoxy) is 1. The zero-order valence-corrected chi connectivity index (χ0v) is 13.4. The number of nitrogens with zero attached hydrogens (tertiary/aromatic N) is 1. The summed E-state index contributed by atoms with van der Waals surface area (Å²) in [6.07, 6.45) is 3.52. The molecule has 22 heavy (non-hydrogen) atoms. The number of esters is 1. The molecule has 1 N–H and O–H groups in total. The van der Waals surface area contributed by atoms with Gasteiger partial charge in [0.25, 0.3) is 5.91 Å². The maximum absolute atomic E-state index is 12.7. The van der Waals surface area contributed by atoms with Gasteiger partial charge in [-0.2, -0.15) is 0 Å². The third-order valence-electron chi connectivity index (χ3n) is 4.30. The summed E-state index contributed by atoms with van der Waals surface area (Å²) in [5, 5.41) is 3.28. The fourth-order valence-electron chi connectivity index (χ4n) is 3.16. The molecule has 1 aromatic carbocycles. The number of amides is 1. The van der Waals surface area contributed by atoms with Crippen molar-refractivity contribution in [2.75, 3.05) is 25.5 Å². The molecule has 0 bridgehead atoms. The van der Waals surface area contributed by atoms with Gasteiger partial charge in [0.15, 0.2) is 0 Å². The van der Waals surface area contributed by atoms with Crippen LogP contribution in [-0.2, 0) is 16.0 Å². The van der Waals surface area contributed by atoms with Crippen LogP contribution in [0.3, 0.4) is 0 Å². The summed E-state index contributed by atoms with van der Waals surface area (Å²) < 4.78 is 4.84. The number of anilines is 1. The third-order valence-corrected chi connectivity index (χ3v) is 4.30. The third kappa shape index (κ3) is 3.04. The Morgan fingerprint density at radius 2 is 2.14 bits per heavy atom. The highest BCUT2D eigenvalue weighted by molar-refractivity contribution is 5.97. The molecule has 0 radical (unpaired) electrons. The number of carbonyl (C=O) groups excluding carboxylic acids is 2. The molecule has 0 spiro atoms. The largest absolute Gasteiger partial charge is 0.467 e. The number of likely N-dealkylation sites (tertiary alicyclic amines) is 1. The van der Waals surface area contributed by atoms with E-state index < -0.39 is 6.04 Å². The predicted octanol–water partition coefficient (Wildman–Crippen LogP) is 2.24. The summed E-state index contributed by atoms with van der Waals surface area (Å²) in [6, 6.07) is 5.29. The molecule has 1 fully saturated rings. The number of rotatable bonds is 2. The summed E-state index contributed by atoms with van der Waals surface area (Å²) in [6.45, 7) is 1.54. The van der Waals surface area contributed by atoms with Gasteiger partial charge in [0.2, 0.25) is 0 Å². The van der Waals surface area contributed by atoms with Crippen molar-refractivity contribution < 1.29 is 14.3 Å². The Kier molecular flexibility index (Phi) is 5.29. The molecule has 0 aromatic heterocycles. The first kappa shape index (κ1) is 16.6. The quantitative estimate of drug-likeness (QED) is 0.848. The Hall–Kier alpha value is -1.75. The number of hydrogen-bond donors (Lipinski definition) is 1. The molecule has 2 aliphatic rings. The molecule has 1 atom stereocenters. The van der Waals surface area contributed by atoms with E-state index >= 15 is 0 Å². The predicted molar refractivity (Wildman–Crippen MR) is 86.6 cm³/mol. The Balaban J connectivity index is 0.00000176. The van der Waals surface area contributed by atoms with Crippen LogP contribution >= 0.6 is 12.4 Å². The minimum absolute atomic E-state index is 0. The molecule has 1 unspecified atom stereocenters. The van der Waals surface area contributed by atoms with Crippen LogP contribution in [0.15, 0.2) is 18.2 Å². The molecule has 0 aliphatic carbocycles. The molecular weight excluding hydrogens is 304 g/mol. The first-order valence-corrected chi connectivity index (χ1v) is 7.46. The van der Waals surface area contributed by atoms with E-state index in [0.29, 0.717) is 18.5 Å². The van der Waals surface area contributed by atoms with E-state index in [1.165, 1.54) is 12.7 Å². The van der Waals surface area contributed by atoms with Gasteiger partial charge in [0.05, 0.1) is 7.11 Å². The van der Waals surface area contributed by atoms with E-state index in [9.17, 15) is 9.59 Å². The number of hydrogen-bond acceptors (Lipinski definition) is 4. The van der Waals surface area contributed by atoms with Crippen LogP contribution in [-0.4, -0.2) is 43.0 Å². The Bertz CT molecular complexity index is 577. The first-order chi connectivity index (χ1) is 10.2. The van der Waals surface area contributed by atoms with Gasteiger partial charge in [0.1, 0.15) is 6.04 Å². The molecule has 5 nitrogen and oxygen atoms in total. The Morgan fingerprint density at radius 1 is 1.32 bits per heavy atom. The molecule has 6 heteroatoms. The normalized spacial score (nSPS) is 19.7. The van der Waals surface area contributed by atoms with Crippen molar-refractivity contribution in [2.24, 2.45) is 0 Å². The highest BCUT2D eigenvalue weighted by Gasteiger charge is 2.33. The molecule has 3 rings (SSSR count). The molecule has 1 saturated heterocycles. The monoisotopic (exact) mass is 324 g/mol. The summed E-state index contributed by atoms with van der Waals surface area (Å²) >= 11 is 0. The maximum atomic E-state index is 12.7. The second-order valence-electron chi connectivity index (χ2n) is 5.58. The first-order valence-electron chi connectivity index (χ1n) is 7.46. The number of fused-ring (bicyclic) bond motifs is 1. The zero-order chi connectivity index (χ0) is 14.8. The van der Waals surface area contributed by atoms with Crippen LogP contribution in [0, 0.1) is 0 Å². The highest BCUT2D eigenvalue weighted by atomic mass is 35.5. The van der Waals surface area contributed by atoms with Crippen molar-refractivity contribution in [2.45, 2.75) is 31.7 Å². The van der Waals surface area contributed by atoms with Gasteiger partial charge in [-0.3, -0.25) is 4.79 Å². The Labute approximate surface area is 136 Å². The standard InChI is InChI=1S/C16H20N2O3.ClH/c1-21-16(20)14-4-2-3-9-18(14)15(19)12-5-6-13-11(10-12)7-8-17-13;/h5-6,10,14,17H,2-4,7-9H2,1H3;1H. The number of methoxy groups -OCH3 is 1. The van der Waals surface area contributed by atoms with E-state index in [1.54, 1.807) is 4.90 Å². The molecule has 120 valence electrons. The van der Waals surface area contributed by atoms with Gasteiger partial charge in [-0.25, -0.2) is 4.79 Å². The van der Waals surface area contributed by atoms with Crippen LogP contribution in [0.2, 0.25) is 0 Å². The maximum Gasteiger partial charge on any atom is 0.328 e. The van der Waals surface area contributed by atoms with Crippen molar-refractivity contribution in [1.29, 1.82) is 0 Å². The van der Waals surface area contributed by atoms with Crippen molar-refractivity contribution in [3.8, 4) is 0 Å². The van der Waals surface area contributed by atoms with Crippen molar-refractivity contribution in [1.82, 2.24) is 4.90 Å². The SMILES string of the molecule is COC(=O)C1CCCCN1C(=O)c1ccc2c(c1)CCN2.Cl. The van der Waals surface area contributed by atoms with Gasteiger partial charge >= 0.3 is 5.97 Å². The summed E-state index contributed by atoms with van der Waals surface area (Å²) in [7, 11) is 1.38. The second kappa shape index (κ2) is 7.01. The molecule has 2 heterocycles. The van der Waals surface area contributed by atoms with E-state index in [1.807, 2.05) is 18.2 Å². The second-order valence-corrected chi connectivity index (χ2v) is 5.58. The number of benzene rings is 1. The number of halogens is 1. The number of carbonyl (C=O) groups is 2. The van der Waals surface area contributed by atoms with E-state index in [4.69, 9.17) is 4.74 Å². The minimum Gasteiger partial charge on any atom is -0.467 e. The van der Waals surface area contributed by atoms with Gasteiger partial charge in [0, 0.05) is 24.3 Å². The lowest BCUT2D eigenvalue weighted by molar-refractivity contribution is -0.147. The lowest BCUT2D eigenvalue weighted by atomic mass is 10.00.